The van der Waals surface area contributed by atoms with Gasteiger partial charge in [-0.1, -0.05) is 0 Å². The van der Waals surface area contributed by atoms with E-state index in [2.05, 4.69) is 0 Å². The smallest absolute Gasteiger partial charge is 0.328 e. The third-order valence-electron chi connectivity index (χ3n) is 1.84. The lowest BCUT2D eigenvalue weighted by atomic mass is 10.1. The molecule has 6 nitrogen and oxygen atoms in total. The maximum Gasteiger partial charge on any atom is 0.328 e. The molecule has 88 valence electrons. The zero-order valence-corrected chi connectivity index (χ0v) is 8.29. The summed E-state index contributed by atoms with van der Waals surface area (Å²) >= 11 is 0. The number of carbonyl (C=O) groups is 2. The largest absolute Gasteiger partial charge is 0.478 e. The van der Waals surface area contributed by atoms with Crippen molar-refractivity contribution in [3.63, 3.8) is 0 Å². The van der Waals surface area contributed by atoms with Crippen molar-refractivity contribution in [2.45, 2.75) is 0 Å². The monoisotopic (exact) mass is 239 g/mol. The Morgan fingerprint density at radius 1 is 1.47 bits per heavy atom. The molecule has 0 bridgehead atoms. The molecule has 0 atom stereocenters. The molecular weight excluding hydrogens is 233 g/mol. The number of hydrogen-bond acceptors (Lipinski definition) is 4. The number of benzene rings is 1. The second-order valence-electron chi connectivity index (χ2n) is 2.99. The average molecular weight is 239 g/mol. The van der Waals surface area contributed by atoms with E-state index >= 15 is 0 Å². The summed E-state index contributed by atoms with van der Waals surface area (Å²) in [5, 5.41) is 18.8. The fourth-order valence-electron chi connectivity index (χ4n) is 1.19. The zero-order valence-electron chi connectivity index (χ0n) is 8.29. The van der Waals surface area contributed by atoms with Crippen molar-refractivity contribution >= 4 is 24.0 Å². The van der Waals surface area contributed by atoms with Crippen molar-refractivity contribution in [1.29, 1.82) is 0 Å². The van der Waals surface area contributed by atoms with Gasteiger partial charge in [-0.25, -0.2) is 4.79 Å². The summed E-state index contributed by atoms with van der Waals surface area (Å²) in [5.74, 6) is -2.44. The number of nitrogens with zero attached hydrogens (tertiary/aromatic N) is 1. The van der Waals surface area contributed by atoms with E-state index in [1.807, 2.05) is 0 Å². The minimum Gasteiger partial charge on any atom is -0.478 e. The molecule has 0 aliphatic rings. The van der Waals surface area contributed by atoms with Crippen LogP contribution in [0, 0.1) is 15.9 Å². The van der Waals surface area contributed by atoms with E-state index in [0.29, 0.717) is 0 Å². The van der Waals surface area contributed by atoms with Gasteiger partial charge in [0.05, 0.1) is 10.5 Å². The molecule has 0 amide bonds. The van der Waals surface area contributed by atoms with Crippen molar-refractivity contribution in [3.05, 3.63) is 45.3 Å². The molecule has 0 heterocycles. The summed E-state index contributed by atoms with van der Waals surface area (Å²) in [5.41, 5.74) is -1.31. The van der Waals surface area contributed by atoms with Gasteiger partial charge in [-0.2, -0.15) is 4.39 Å². The van der Waals surface area contributed by atoms with Gasteiger partial charge in [0.1, 0.15) is 0 Å². The van der Waals surface area contributed by atoms with E-state index in [1.54, 1.807) is 0 Å². The third-order valence-corrected chi connectivity index (χ3v) is 1.84. The maximum absolute atomic E-state index is 13.3. The molecule has 1 aromatic rings. The van der Waals surface area contributed by atoms with Crippen molar-refractivity contribution in [3.8, 4) is 0 Å². The lowest BCUT2D eigenvalue weighted by molar-refractivity contribution is -0.387. The van der Waals surface area contributed by atoms with Crippen LogP contribution in [0.25, 0.3) is 6.08 Å². The molecule has 7 heteroatoms. The van der Waals surface area contributed by atoms with Gasteiger partial charge in [0, 0.05) is 6.08 Å². The Balaban J connectivity index is 3.32. The summed E-state index contributed by atoms with van der Waals surface area (Å²) in [7, 11) is 0. The molecule has 0 spiro atoms. The molecule has 0 fully saturated rings. The number of carboxylic acid groups (broad SMARTS) is 1. The van der Waals surface area contributed by atoms with Gasteiger partial charge in [-0.05, 0) is 23.8 Å². The number of halogens is 1. The molecule has 0 saturated carbocycles. The van der Waals surface area contributed by atoms with E-state index in [9.17, 15) is 24.1 Å². The van der Waals surface area contributed by atoms with Gasteiger partial charge in [0.15, 0.2) is 6.29 Å². The van der Waals surface area contributed by atoms with E-state index < -0.39 is 28.0 Å². The second kappa shape index (κ2) is 4.97. The molecule has 1 rings (SSSR count). The fourth-order valence-corrected chi connectivity index (χ4v) is 1.19. The van der Waals surface area contributed by atoms with E-state index in [1.165, 1.54) is 0 Å². The van der Waals surface area contributed by atoms with Crippen LogP contribution in [0.3, 0.4) is 0 Å². The molecule has 0 radical (unpaired) electrons. The van der Waals surface area contributed by atoms with Gasteiger partial charge >= 0.3 is 11.7 Å². The van der Waals surface area contributed by atoms with Crippen LogP contribution in [0.1, 0.15) is 15.9 Å². The molecule has 17 heavy (non-hydrogen) atoms. The third kappa shape index (κ3) is 2.94. The summed E-state index contributed by atoms with van der Waals surface area (Å²) < 4.78 is 13.3. The molecule has 0 aliphatic heterocycles. The number of nitro groups is 1. The summed E-state index contributed by atoms with van der Waals surface area (Å²) in [6, 6.07) is 1.82. The first-order valence-electron chi connectivity index (χ1n) is 4.30. The van der Waals surface area contributed by atoms with Crippen LogP contribution in [0.15, 0.2) is 18.2 Å². The molecule has 0 aromatic heterocycles. The molecule has 0 aliphatic carbocycles. The molecule has 1 N–H and O–H groups in total. The van der Waals surface area contributed by atoms with E-state index in [0.717, 1.165) is 24.3 Å². The highest BCUT2D eigenvalue weighted by Gasteiger charge is 2.20. The Kier molecular flexibility index (Phi) is 3.66. The van der Waals surface area contributed by atoms with Crippen molar-refractivity contribution in [2.24, 2.45) is 0 Å². The summed E-state index contributed by atoms with van der Waals surface area (Å²) in [6.45, 7) is 0. The van der Waals surface area contributed by atoms with Crippen LogP contribution >= 0.6 is 0 Å². The Bertz CT molecular complexity index is 524. The molecule has 0 saturated heterocycles. The van der Waals surface area contributed by atoms with Gasteiger partial charge in [0.25, 0.3) is 0 Å². The highest BCUT2D eigenvalue weighted by Crippen LogP contribution is 2.23. The predicted octanol–water partition coefficient (Wildman–Crippen LogP) is 1.64. The Hall–Kier alpha value is -2.57. The average Bonchev–Trinajstić information content (AvgIpc) is 2.24. The lowest BCUT2D eigenvalue weighted by Gasteiger charge is -1.99. The highest BCUT2D eigenvalue weighted by atomic mass is 19.1. The highest BCUT2D eigenvalue weighted by molar-refractivity contribution is 5.87. The summed E-state index contributed by atoms with van der Waals surface area (Å²) in [4.78, 5) is 30.3. The molecular formula is C10H6FNO5. The lowest BCUT2D eigenvalue weighted by Crippen LogP contribution is -1.99. The van der Waals surface area contributed by atoms with E-state index in [4.69, 9.17) is 5.11 Å². The van der Waals surface area contributed by atoms with Gasteiger partial charge in [0.2, 0.25) is 5.82 Å². The van der Waals surface area contributed by atoms with Crippen LogP contribution in [-0.4, -0.2) is 22.3 Å². The number of nitro benzene ring substituents is 1. The van der Waals surface area contributed by atoms with Gasteiger partial charge < -0.3 is 5.11 Å². The number of hydrogen-bond donors (Lipinski definition) is 1. The first kappa shape index (κ1) is 12.5. The maximum atomic E-state index is 13.3. The van der Waals surface area contributed by atoms with Gasteiger partial charge in [-0.3, -0.25) is 14.9 Å². The fraction of sp³-hybridized carbons (Fsp3) is 0. The molecule has 1 aromatic carbocycles. The summed E-state index contributed by atoms with van der Waals surface area (Å²) in [6.07, 6.45) is 1.90. The number of rotatable bonds is 4. The van der Waals surface area contributed by atoms with Crippen LogP contribution in [-0.2, 0) is 4.79 Å². The first-order valence-corrected chi connectivity index (χ1v) is 4.30. The van der Waals surface area contributed by atoms with Crippen molar-refractivity contribution < 1.29 is 24.0 Å². The predicted molar refractivity (Wildman–Crippen MR) is 55.1 cm³/mol. The van der Waals surface area contributed by atoms with Crippen LogP contribution in [0.2, 0.25) is 0 Å². The molecule has 0 unspecified atom stereocenters. The number of carbonyl (C=O) groups excluding carboxylic acids is 1. The van der Waals surface area contributed by atoms with Crippen LogP contribution < -0.4 is 0 Å². The Morgan fingerprint density at radius 2 is 2.12 bits per heavy atom. The number of aliphatic carboxylic acids is 1. The first-order chi connectivity index (χ1) is 7.95. The minimum atomic E-state index is -1.25. The van der Waals surface area contributed by atoms with Crippen LogP contribution in [0.4, 0.5) is 10.1 Å². The zero-order chi connectivity index (χ0) is 13.0. The topological polar surface area (TPSA) is 97.5 Å². The number of aldehydes is 1. The quantitative estimate of drug-likeness (QED) is 0.373. The Morgan fingerprint density at radius 3 is 2.59 bits per heavy atom. The van der Waals surface area contributed by atoms with Crippen molar-refractivity contribution in [2.75, 3.05) is 0 Å². The minimum absolute atomic E-state index is 0.0533. The van der Waals surface area contributed by atoms with E-state index in [-0.39, 0.29) is 11.8 Å². The second-order valence-corrected chi connectivity index (χ2v) is 2.99. The standard InChI is InChI=1S/C10H6FNO5/c11-8-4-6(1-2-9(14)15)3-7(5-13)10(8)12(16)17/h1-5H,(H,14,15)/b2-1+. The van der Waals surface area contributed by atoms with Crippen molar-refractivity contribution in [1.82, 2.24) is 0 Å². The SMILES string of the molecule is O=Cc1cc(/C=C/C(=O)O)cc(F)c1[N+](=O)[O-]. The van der Waals surface area contributed by atoms with Gasteiger partial charge in [-0.15, -0.1) is 0 Å². The van der Waals surface area contributed by atoms with Crippen LogP contribution in [0.5, 0.6) is 0 Å². The Labute approximate surface area is 94.1 Å². The number of carboxylic acids is 1. The normalized spacial score (nSPS) is 10.4.